The summed E-state index contributed by atoms with van der Waals surface area (Å²) in [4.78, 5) is 25.2. The van der Waals surface area contributed by atoms with Crippen molar-refractivity contribution >= 4 is 24.3 Å². The summed E-state index contributed by atoms with van der Waals surface area (Å²) in [7, 11) is 0. The summed E-state index contributed by atoms with van der Waals surface area (Å²) in [5, 5.41) is 8.32. The van der Waals surface area contributed by atoms with E-state index in [0.29, 0.717) is 0 Å². The highest BCUT2D eigenvalue weighted by Crippen LogP contribution is 1.98. The first-order chi connectivity index (χ1) is 8.37. The lowest BCUT2D eigenvalue weighted by atomic mass is 10.1. The van der Waals surface area contributed by atoms with Crippen LogP contribution in [0.25, 0.3) is 0 Å². The minimum Gasteiger partial charge on any atom is -0.333 e. The van der Waals surface area contributed by atoms with Gasteiger partial charge in [-0.2, -0.15) is 0 Å². The summed E-state index contributed by atoms with van der Waals surface area (Å²) < 4.78 is 0. The van der Waals surface area contributed by atoms with Gasteiger partial charge in [0, 0.05) is 18.6 Å². The maximum Gasteiger partial charge on any atom is 0.321 e. The quantitative estimate of drug-likeness (QED) is 0.686. The Kier molecular flexibility index (Phi) is 7.97. The van der Waals surface area contributed by atoms with Crippen LogP contribution in [0, 0.1) is 0 Å². The van der Waals surface area contributed by atoms with Crippen molar-refractivity contribution in [3.05, 3.63) is 0 Å². The maximum atomic E-state index is 11.7. The summed E-state index contributed by atoms with van der Waals surface area (Å²) in [5.41, 5.74) is -0.336. The highest BCUT2D eigenvalue weighted by Gasteiger charge is 2.17. The van der Waals surface area contributed by atoms with E-state index in [9.17, 15) is 9.59 Å². The van der Waals surface area contributed by atoms with Crippen LogP contribution >= 0.6 is 12.4 Å². The Labute approximate surface area is 121 Å². The molecule has 0 unspecified atom stereocenters. The van der Waals surface area contributed by atoms with Crippen molar-refractivity contribution in [1.29, 1.82) is 0 Å². The number of carbonyl (C=O) groups is 2. The van der Waals surface area contributed by atoms with Gasteiger partial charge >= 0.3 is 6.03 Å². The molecule has 0 aromatic heterocycles. The van der Waals surface area contributed by atoms with E-state index in [2.05, 4.69) is 20.9 Å². The van der Waals surface area contributed by atoms with Gasteiger partial charge in [0.25, 0.3) is 0 Å². The molecule has 1 saturated heterocycles. The largest absolute Gasteiger partial charge is 0.333 e. The highest BCUT2D eigenvalue weighted by atomic mass is 35.5. The van der Waals surface area contributed by atoms with E-state index in [0.717, 1.165) is 32.6 Å². The van der Waals surface area contributed by atoms with Gasteiger partial charge in [0.05, 0.1) is 6.54 Å². The van der Waals surface area contributed by atoms with E-state index in [4.69, 9.17) is 0 Å². The molecule has 6 nitrogen and oxygen atoms in total. The molecule has 0 spiro atoms. The molecule has 1 aliphatic rings. The van der Waals surface area contributed by atoms with Crippen LogP contribution in [0.3, 0.4) is 0 Å². The van der Waals surface area contributed by atoms with Crippen LogP contribution in [0.2, 0.25) is 0 Å². The standard InChI is InChI=1S/C12H24N4O2.ClH/c1-12(2,3)15-11(18)14-10(17)9-16-7-4-5-13-6-8-16;/h13H,4-9H2,1-3H3,(H2,14,15,17,18);1H. The van der Waals surface area contributed by atoms with Gasteiger partial charge < -0.3 is 10.6 Å². The van der Waals surface area contributed by atoms with Gasteiger partial charge in [0.15, 0.2) is 0 Å². The number of urea groups is 1. The third kappa shape index (κ3) is 8.80. The zero-order chi connectivity index (χ0) is 13.6. The van der Waals surface area contributed by atoms with Crippen LogP contribution in [-0.2, 0) is 4.79 Å². The molecular weight excluding hydrogens is 268 g/mol. The van der Waals surface area contributed by atoms with Crippen molar-refractivity contribution < 1.29 is 9.59 Å². The van der Waals surface area contributed by atoms with Crippen molar-refractivity contribution in [2.45, 2.75) is 32.7 Å². The topological polar surface area (TPSA) is 73.5 Å². The molecule has 1 aliphatic heterocycles. The normalized spacial score (nSPS) is 17.0. The minimum absolute atomic E-state index is 0. The Balaban J connectivity index is 0.00000324. The van der Waals surface area contributed by atoms with Gasteiger partial charge in [0.1, 0.15) is 0 Å². The van der Waals surface area contributed by atoms with Crippen molar-refractivity contribution in [3.8, 4) is 0 Å². The molecule has 0 saturated carbocycles. The molecule has 0 radical (unpaired) electrons. The number of nitrogens with zero attached hydrogens (tertiary/aromatic N) is 1. The summed E-state index contributed by atoms with van der Waals surface area (Å²) >= 11 is 0. The summed E-state index contributed by atoms with van der Waals surface area (Å²) in [6, 6.07) is -0.430. The van der Waals surface area contributed by atoms with E-state index in [1.54, 1.807) is 0 Å². The number of nitrogens with one attached hydrogen (secondary N) is 3. The molecule has 3 N–H and O–H groups in total. The number of amides is 3. The first kappa shape index (κ1) is 18.1. The molecule has 1 fully saturated rings. The fourth-order valence-electron chi connectivity index (χ4n) is 1.80. The summed E-state index contributed by atoms with van der Waals surface area (Å²) in [6.45, 7) is 9.51. The number of carbonyl (C=O) groups excluding carboxylic acids is 2. The Morgan fingerprint density at radius 1 is 1.21 bits per heavy atom. The highest BCUT2D eigenvalue weighted by molar-refractivity contribution is 5.95. The Morgan fingerprint density at radius 2 is 1.89 bits per heavy atom. The zero-order valence-electron chi connectivity index (χ0n) is 11.9. The molecule has 19 heavy (non-hydrogen) atoms. The SMILES string of the molecule is CC(C)(C)NC(=O)NC(=O)CN1CCCNCC1.Cl. The molecule has 1 heterocycles. The number of hydrogen-bond donors (Lipinski definition) is 3. The first-order valence-electron chi connectivity index (χ1n) is 6.42. The second-order valence-electron chi connectivity index (χ2n) is 5.63. The molecule has 0 bridgehead atoms. The maximum absolute atomic E-state index is 11.7. The van der Waals surface area contributed by atoms with E-state index in [1.807, 2.05) is 20.8 Å². The van der Waals surface area contributed by atoms with Crippen LogP contribution in [0.1, 0.15) is 27.2 Å². The van der Waals surface area contributed by atoms with Crippen LogP contribution in [0.4, 0.5) is 4.79 Å². The van der Waals surface area contributed by atoms with Crippen molar-refractivity contribution in [1.82, 2.24) is 20.9 Å². The molecule has 7 heteroatoms. The first-order valence-corrected chi connectivity index (χ1v) is 6.42. The van der Waals surface area contributed by atoms with E-state index in [-0.39, 0.29) is 30.4 Å². The molecular formula is C12H25ClN4O2. The predicted molar refractivity (Wildman–Crippen MR) is 77.6 cm³/mol. The number of hydrogen-bond acceptors (Lipinski definition) is 4. The third-order valence-corrected chi connectivity index (χ3v) is 2.54. The van der Waals surface area contributed by atoms with E-state index in [1.165, 1.54) is 0 Å². The molecule has 0 aromatic rings. The van der Waals surface area contributed by atoms with Gasteiger partial charge in [-0.15, -0.1) is 12.4 Å². The minimum atomic E-state index is -0.430. The fraction of sp³-hybridized carbons (Fsp3) is 0.833. The molecule has 112 valence electrons. The van der Waals surface area contributed by atoms with Crippen molar-refractivity contribution in [2.75, 3.05) is 32.7 Å². The number of rotatable bonds is 2. The van der Waals surface area contributed by atoms with Gasteiger partial charge in [-0.1, -0.05) is 0 Å². The molecule has 3 amide bonds. The van der Waals surface area contributed by atoms with Crippen LogP contribution in [0.5, 0.6) is 0 Å². The van der Waals surface area contributed by atoms with Gasteiger partial charge in [0.2, 0.25) is 5.91 Å². The average Bonchev–Trinajstić information content (AvgIpc) is 2.42. The number of halogens is 1. The third-order valence-electron chi connectivity index (χ3n) is 2.54. The van der Waals surface area contributed by atoms with Crippen molar-refractivity contribution in [2.24, 2.45) is 0 Å². The van der Waals surface area contributed by atoms with Crippen molar-refractivity contribution in [3.63, 3.8) is 0 Å². The summed E-state index contributed by atoms with van der Waals surface area (Å²) in [6.07, 6.45) is 1.03. The predicted octanol–water partition coefficient (Wildman–Crippen LogP) is 0.328. The fourth-order valence-corrected chi connectivity index (χ4v) is 1.80. The second kappa shape index (κ2) is 8.35. The van der Waals surface area contributed by atoms with E-state index < -0.39 is 6.03 Å². The molecule has 0 aromatic carbocycles. The van der Waals surface area contributed by atoms with Crippen LogP contribution < -0.4 is 16.0 Å². The lowest BCUT2D eigenvalue weighted by Crippen LogP contribution is -2.50. The molecule has 0 aliphatic carbocycles. The van der Waals surface area contributed by atoms with Crippen LogP contribution in [0.15, 0.2) is 0 Å². The second-order valence-corrected chi connectivity index (χ2v) is 5.63. The summed E-state index contributed by atoms with van der Waals surface area (Å²) in [5.74, 6) is -0.251. The Morgan fingerprint density at radius 3 is 2.53 bits per heavy atom. The molecule has 0 atom stereocenters. The lowest BCUT2D eigenvalue weighted by Gasteiger charge is -2.22. The Hall–Kier alpha value is -0.850. The monoisotopic (exact) mass is 292 g/mol. The average molecular weight is 293 g/mol. The van der Waals surface area contributed by atoms with Gasteiger partial charge in [-0.25, -0.2) is 4.79 Å². The van der Waals surface area contributed by atoms with Gasteiger partial charge in [-0.3, -0.25) is 15.0 Å². The number of imide groups is 1. The lowest BCUT2D eigenvalue weighted by molar-refractivity contribution is -0.121. The Bertz CT molecular complexity index is 297. The zero-order valence-corrected chi connectivity index (χ0v) is 12.7. The smallest absolute Gasteiger partial charge is 0.321 e. The van der Waals surface area contributed by atoms with E-state index >= 15 is 0 Å². The van der Waals surface area contributed by atoms with Crippen LogP contribution in [-0.4, -0.2) is 55.1 Å². The van der Waals surface area contributed by atoms with Gasteiger partial charge in [-0.05, 0) is 40.3 Å². The molecule has 1 rings (SSSR count).